The van der Waals surface area contributed by atoms with Crippen LogP contribution in [0.5, 0.6) is 17.2 Å². The first-order valence-electron chi connectivity index (χ1n) is 10.0. The molecule has 0 aromatic heterocycles. The zero-order chi connectivity index (χ0) is 22.4. The summed E-state index contributed by atoms with van der Waals surface area (Å²) < 4.78 is 53.8. The molecule has 31 heavy (non-hydrogen) atoms. The maximum atomic E-state index is 13.7. The SMILES string of the molecule is COc1ccc(CN(CC(O)COc2ccccc2F)C2CCS(=O)(=O)C2)cc1OC. The average Bonchev–Trinajstić information content (AvgIpc) is 3.12. The maximum Gasteiger partial charge on any atom is 0.165 e. The predicted octanol–water partition coefficient (Wildman–Crippen LogP) is 2.27. The van der Waals surface area contributed by atoms with Gasteiger partial charge >= 0.3 is 0 Å². The second-order valence-electron chi connectivity index (χ2n) is 7.57. The smallest absolute Gasteiger partial charge is 0.165 e. The first-order valence-corrected chi connectivity index (χ1v) is 11.8. The van der Waals surface area contributed by atoms with Crippen LogP contribution in [0, 0.1) is 5.82 Å². The van der Waals surface area contributed by atoms with Crippen LogP contribution in [0.25, 0.3) is 0 Å². The summed E-state index contributed by atoms with van der Waals surface area (Å²) in [4.78, 5) is 1.93. The third-order valence-corrected chi connectivity index (χ3v) is 7.02. The van der Waals surface area contributed by atoms with Gasteiger partial charge in [-0.1, -0.05) is 18.2 Å². The summed E-state index contributed by atoms with van der Waals surface area (Å²) in [6, 6.07) is 11.3. The van der Waals surface area contributed by atoms with Crippen molar-refractivity contribution in [3.63, 3.8) is 0 Å². The van der Waals surface area contributed by atoms with Gasteiger partial charge in [0.05, 0.1) is 25.7 Å². The van der Waals surface area contributed by atoms with Crippen molar-refractivity contribution >= 4 is 9.84 Å². The topological polar surface area (TPSA) is 85.3 Å². The third kappa shape index (κ3) is 6.32. The largest absolute Gasteiger partial charge is 0.493 e. The van der Waals surface area contributed by atoms with Crippen molar-refractivity contribution in [1.82, 2.24) is 4.90 Å². The number of aliphatic hydroxyl groups is 1. The summed E-state index contributed by atoms with van der Waals surface area (Å²) in [5.74, 6) is 0.903. The van der Waals surface area contributed by atoms with Crippen LogP contribution < -0.4 is 14.2 Å². The van der Waals surface area contributed by atoms with Crippen LogP contribution in [0.4, 0.5) is 4.39 Å². The van der Waals surface area contributed by atoms with Crippen LogP contribution in [-0.2, 0) is 16.4 Å². The number of para-hydroxylation sites is 1. The molecule has 1 aliphatic heterocycles. The van der Waals surface area contributed by atoms with Crippen molar-refractivity contribution in [2.75, 3.05) is 38.9 Å². The van der Waals surface area contributed by atoms with E-state index >= 15 is 0 Å². The van der Waals surface area contributed by atoms with E-state index in [9.17, 15) is 17.9 Å². The Morgan fingerprint density at radius 3 is 2.52 bits per heavy atom. The Balaban J connectivity index is 1.71. The highest BCUT2D eigenvalue weighted by molar-refractivity contribution is 7.91. The minimum absolute atomic E-state index is 0.0428. The number of rotatable bonds is 10. The van der Waals surface area contributed by atoms with Gasteiger partial charge in [-0.05, 0) is 36.2 Å². The lowest BCUT2D eigenvalue weighted by Crippen LogP contribution is -2.42. The quantitative estimate of drug-likeness (QED) is 0.591. The minimum atomic E-state index is -3.10. The molecule has 1 fully saturated rings. The van der Waals surface area contributed by atoms with E-state index in [2.05, 4.69) is 0 Å². The number of hydrogen-bond donors (Lipinski definition) is 1. The molecule has 1 N–H and O–H groups in total. The number of benzene rings is 2. The van der Waals surface area contributed by atoms with Gasteiger partial charge in [0, 0.05) is 19.1 Å². The van der Waals surface area contributed by atoms with E-state index in [-0.39, 0.29) is 36.4 Å². The molecular weight excluding hydrogens is 425 g/mol. The van der Waals surface area contributed by atoms with Crippen molar-refractivity contribution < 1.29 is 32.1 Å². The van der Waals surface area contributed by atoms with Gasteiger partial charge in [-0.15, -0.1) is 0 Å². The van der Waals surface area contributed by atoms with E-state index in [0.717, 1.165) is 5.56 Å². The number of aliphatic hydroxyl groups excluding tert-OH is 1. The Hall–Kier alpha value is -2.36. The molecule has 2 aromatic carbocycles. The number of sulfone groups is 1. The highest BCUT2D eigenvalue weighted by atomic mass is 32.2. The summed E-state index contributed by atoms with van der Waals surface area (Å²) in [7, 11) is 0.00130. The van der Waals surface area contributed by atoms with E-state index in [1.54, 1.807) is 32.4 Å². The lowest BCUT2D eigenvalue weighted by atomic mass is 10.1. The van der Waals surface area contributed by atoms with Crippen molar-refractivity contribution in [3.8, 4) is 17.2 Å². The molecule has 2 atom stereocenters. The van der Waals surface area contributed by atoms with Gasteiger partial charge in [-0.25, -0.2) is 12.8 Å². The number of methoxy groups -OCH3 is 2. The lowest BCUT2D eigenvalue weighted by molar-refractivity contribution is 0.0513. The molecule has 0 spiro atoms. The molecule has 3 rings (SSSR count). The normalized spacial score (nSPS) is 18.7. The van der Waals surface area contributed by atoms with Crippen molar-refractivity contribution in [3.05, 3.63) is 53.8 Å². The molecule has 1 heterocycles. The third-order valence-electron chi connectivity index (χ3n) is 5.27. The summed E-state index contributed by atoms with van der Waals surface area (Å²) in [5.41, 5.74) is 0.893. The van der Waals surface area contributed by atoms with Crippen LogP contribution in [0.15, 0.2) is 42.5 Å². The van der Waals surface area contributed by atoms with Gasteiger partial charge in [-0.3, -0.25) is 4.90 Å². The predicted molar refractivity (Wildman–Crippen MR) is 115 cm³/mol. The molecule has 2 aromatic rings. The highest BCUT2D eigenvalue weighted by Gasteiger charge is 2.33. The standard InChI is InChI=1S/C22H28FNO6S/c1-28-21-8-7-16(11-22(21)29-2)12-24(17-9-10-31(26,27)15-17)13-18(25)14-30-20-6-4-3-5-19(20)23/h3-8,11,17-18,25H,9-10,12-15H2,1-2H3. The number of hydrogen-bond acceptors (Lipinski definition) is 7. The van der Waals surface area contributed by atoms with Crippen molar-refractivity contribution in [1.29, 1.82) is 0 Å². The van der Waals surface area contributed by atoms with Gasteiger partial charge in [0.2, 0.25) is 0 Å². The average molecular weight is 454 g/mol. The van der Waals surface area contributed by atoms with E-state index in [1.165, 1.54) is 12.1 Å². The molecule has 0 radical (unpaired) electrons. The Morgan fingerprint density at radius 1 is 1.13 bits per heavy atom. The van der Waals surface area contributed by atoms with E-state index in [0.29, 0.717) is 24.5 Å². The second-order valence-corrected chi connectivity index (χ2v) is 9.80. The molecular formula is C22H28FNO6S. The van der Waals surface area contributed by atoms with Gasteiger partial charge in [-0.2, -0.15) is 0 Å². The van der Waals surface area contributed by atoms with Gasteiger partial charge in [0.15, 0.2) is 32.9 Å². The summed E-state index contributed by atoms with van der Waals surface area (Å²) >= 11 is 0. The highest BCUT2D eigenvalue weighted by Crippen LogP contribution is 2.29. The molecule has 170 valence electrons. The molecule has 0 amide bonds. The fraction of sp³-hybridized carbons (Fsp3) is 0.455. The Bertz CT molecular complexity index is 984. The first kappa shape index (κ1) is 23.3. The number of halogens is 1. The van der Waals surface area contributed by atoms with E-state index in [4.69, 9.17) is 14.2 Å². The Labute approximate surface area is 182 Å². The zero-order valence-corrected chi connectivity index (χ0v) is 18.5. The second kappa shape index (κ2) is 10.3. The van der Waals surface area contributed by atoms with E-state index < -0.39 is 21.8 Å². The molecule has 0 saturated carbocycles. The van der Waals surface area contributed by atoms with Crippen molar-refractivity contribution in [2.24, 2.45) is 0 Å². The maximum absolute atomic E-state index is 13.7. The van der Waals surface area contributed by atoms with Gasteiger partial charge in [0.1, 0.15) is 12.7 Å². The molecule has 1 saturated heterocycles. The summed E-state index contributed by atoms with van der Waals surface area (Å²) in [5, 5.41) is 10.5. The minimum Gasteiger partial charge on any atom is -0.493 e. The number of nitrogens with zero attached hydrogens (tertiary/aromatic N) is 1. The molecule has 2 unspecified atom stereocenters. The molecule has 7 nitrogen and oxygen atoms in total. The first-order chi connectivity index (χ1) is 14.8. The van der Waals surface area contributed by atoms with Gasteiger partial charge in [0.25, 0.3) is 0 Å². The lowest BCUT2D eigenvalue weighted by Gasteiger charge is -2.30. The van der Waals surface area contributed by atoms with Crippen LogP contribution >= 0.6 is 0 Å². The molecule has 0 aliphatic carbocycles. The van der Waals surface area contributed by atoms with Crippen LogP contribution in [0.2, 0.25) is 0 Å². The van der Waals surface area contributed by atoms with Crippen LogP contribution in [0.1, 0.15) is 12.0 Å². The number of ether oxygens (including phenoxy) is 3. The Kier molecular flexibility index (Phi) is 7.74. The van der Waals surface area contributed by atoms with E-state index in [1.807, 2.05) is 17.0 Å². The zero-order valence-electron chi connectivity index (χ0n) is 17.7. The van der Waals surface area contributed by atoms with Crippen molar-refractivity contribution in [2.45, 2.75) is 25.1 Å². The summed E-state index contributed by atoms with van der Waals surface area (Å²) in [6.07, 6.45) is -0.431. The molecule has 9 heteroatoms. The fourth-order valence-electron chi connectivity index (χ4n) is 3.69. The molecule has 1 aliphatic rings. The summed E-state index contributed by atoms with van der Waals surface area (Å²) in [6.45, 7) is 0.489. The van der Waals surface area contributed by atoms with Gasteiger partial charge < -0.3 is 19.3 Å². The Morgan fingerprint density at radius 2 is 1.87 bits per heavy atom. The molecule has 0 bridgehead atoms. The van der Waals surface area contributed by atoms with Crippen LogP contribution in [-0.4, -0.2) is 69.4 Å². The monoisotopic (exact) mass is 453 g/mol. The van der Waals surface area contributed by atoms with Crippen LogP contribution in [0.3, 0.4) is 0 Å². The fourth-order valence-corrected chi connectivity index (χ4v) is 5.45.